The summed E-state index contributed by atoms with van der Waals surface area (Å²) in [5.74, 6) is -1.85. The Morgan fingerprint density at radius 3 is 2.40 bits per heavy atom. The van der Waals surface area contributed by atoms with E-state index in [9.17, 15) is 26.8 Å². The Bertz CT molecular complexity index is 1380. The number of carbonyl (C=O) groups excluding carboxylic acids is 1. The first-order valence-corrected chi connectivity index (χ1v) is 16.4. The molecule has 40 heavy (non-hydrogen) atoms. The van der Waals surface area contributed by atoms with E-state index in [-0.39, 0.29) is 27.3 Å². The highest BCUT2D eigenvalue weighted by Gasteiger charge is 2.36. The van der Waals surface area contributed by atoms with Gasteiger partial charge in [-0.1, -0.05) is 70.5 Å². The molecule has 220 valence electrons. The van der Waals surface area contributed by atoms with Gasteiger partial charge in [0.05, 0.1) is 32.2 Å². The summed E-state index contributed by atoms with van der Waals surface area (Å²) in [5, 5.41) is 11.5. The number of benzene rings is 1. The fourth-order valence-electron chi connectivity index (χ4n) is 5.52. The van der Waals surface area contributed by atoms with Gasteiger partial charge in [0.2, 0.25) is 0 Å². The fourth-order valence-corrected chi connectivity index (χ4v) is 9.11. The van der Waals surface area contributed by atoms with Crippen LogP contribution in [0.5, 0.6) is 0 Å². The van der Waals surface area contributed by atoms with Crippen molar-refractivity contribution < 1.29 is 31.9 Å². The average Bonchev–Trinajstić information content (AvgIpc) is 3.22. The molecule has 1 amide bonds. The van der Waals surface area contributed by atoms with Gasteiger partial charge >= 0.3 is 5.97 Å². The second-order valence-electron chi connectivity index (χ2n) is 12.1. The fraction of sp³-hybridized carbons (Fsp3) is 0.607. The van der Waals surface area contributed by atoms with Crippen LogP contribution in [-0.4, -0.2) is 42.2 Å². The lowest BCUT2D eigenvalue weighted by Crippen LogP contribution is -2.46. The molecule has 0 atom stereocenters. The SMILES string of the molecule is CC(C)(C)CS(=O)(=O)c1ccc(-c2sc(C(=O)NC3CC(C(=O)O)C3)nc2CC2CCCCC2)c(C(F)F)c1Cl. The van der Waals surface area contributed by atoms with Crippen LogP contribution in [0.4, 0.5) is 8.78 Å². The second-order valence-corrected chi connectivity index (χ2v) is 15.5. The Kier molecular flexibility index (Phi) is 9.26. The van der Waals surface area contributed by atoms with E-state index in [2.05, 4.69) is 10.3 Å². The first kappa shape index (κ1) is 30.8. The number of amides is 1. The predicted octanol–water partition coefficient (Wildman–Crippen LogP) is 6.94. The number of sulfone groups is 1. The summed E-state index contributed by atoms with van der Waals surface area (Å²) in [5.41, 5.74) is -0.599. The van der Waals surface area contributed by atoms with Crippen LogP contribution in [0.15, 0.2) is 17.0 Å². The summed E-state index contributed by atoms with van der Waals surface area (Å²) in [6, 6.07) is 2.34. The van der Waals surface area contributed by atoms with Gasteiger partial charge in [0, 0.05) is 17.2 Å². The summed E-state index contributed by atoms with van der Waals surface area (Å²) < 4.78 is 55.3. The van der Waals surface area contributed by atoms with E-state index >= 15 is 0 Å². The molecule has 2 aromatic rings. The number of carbonyl (C=O) groups is 2. The lowest BCUT2D eigenvalue weighted by Gasteiger charge is -2.32. The number of carboxylic acid groups (broad SMARTS) is 1. The van der Waals surface area contributed by atoms with Crippen LogP contribution < -0.4 is 5.32 Å². The zero-order valence-corrected chi connectivity index (χ0v) is 25.2. The van der Waals surface area contributed by atoms with Crippen molar-refractivity contribution in [3.63, 3.8) is 0 Å². The molecule has 2 saturated carbocycles. The van der Waals surface area contributed by atoms with Gasteiger partial charge in [0.15, 0.2) is 14.8 Å². The summed E-state index contributed by atoms with van der Waals surface area (Å²) in [4.78, 5) is 28.8. The van der Waals surface area contributed by atoms with E-state index in [4.69, 9.17) is 16.7 Å². The number of alkyl halides is 2. The van der Waals surface area contributed by atoms with Crippen molar-refractivity contribution in [2.45, 2.75) is 89.5 Å². The molecule has 2 aliphatic rings. The molecule has 0 unspecified atom stereocenters. The summed E-state index contributed by atoms with van der Waals surface area (Å²) in [6.45, 7) is 5.23. The Morgan fingerprint density at radius 2 is 1.82 bits per heavy atom. The normalized spacial score (nSPS) is 20.4. The molecule has 4 rings (SSSR count). The third-order valence-corrected chi connectivity index (χ3v) is 11.4. The number of nitrogens with one attached hydrogen (secondary N) is 1. The van der Waals surface area contributed by atoms with Crippen LogP contribution in [0.3, 0.4) is 0 Å². The van der Waals surface area contributed by atoms with Gasteiger partial charge in [-0.15, -0.1) is 11.3 Å². The molecule has 0 radical (unpaired) electrons. The number of rotatable bonds is 9. The number of nitrogens with zero attached hydrogens (tertiary/aromatic N) is 1. The van der Waals surface area contributed by atoms with E-state index in [0.717, 1.165) is 43.4 Å². The maximum Gasteiger partial charge on any atom is 0.306 e. The van der Waals surface area contributed by atoms with Gasteiger partial charge in [0.25, 0.3) is 12.3 Å². The molecule has 1 heterocycles. The Morgan fingerprint density at radius 1 is 1.18 bits per heavy atom. The highest BCUT2D eigenvalue weighted by molar-refractivity contribution is 7.91. The first-order valence-electron chi connectivity index (χ1n) is 13.5. The molecule has 12 heteroatoms. The average molecular weight is 617 g/mol. The highest BCUT2D eigenvalue weighted by atomic mass is 35.5. The molecule has 2 fully saturated rings. The summed E-state index contributed by atoms with van der Waals surface area (Å²) in [7, 11) is -3.95. The van der Waals surface area contributed by atoms with Gasteiger partial charge in [-0.2, -0.15) is 0 Å². The molecule has 7 nitrogen and oxygen atoms in total. The predicted molar refractivity (Wildman–Crippen MR) is 151 cm³/mol. The van der Waals surface area contributed by atoms with Crippen molar-refractivity contribution in [1.29, 1.82) is 0 Å². The summed E-state index contributed by atoms with van der Waals surface area (Å²) in [6.07, 6.45) is 3.32. The standard InChI is InChI=1S/C28H35ClF2N2O5S2/c1-28(2,3)14-40(37,38)20-10-9-18(21(22(20)29)24(30)31)23-19(11-15-7-5-4-6-8-15)33-26(39-23)25(34)32-17-12-16(13-17)27(35)36/h9-10,15-17,24H,4-8,11-14H2,1-3H3,(H,32,34)(H,35,36). The molecule has 2 N–H and O–H groups in total. The number of thiazole rings is 1. The molecule has 1 aromatic carbocycles. The quantitative estimate of drug-likeness (QED) is 0.316. The lowest BCUT2D eigenvalue weighted by molar-refractivity contribution is -0.145. The molecule has 0 spiro atoms. The van der Waals surface area contributed by atoms with Crippen molar-refractivity contribution in [3.05, 3.63) is 33.4 Å². The van der Waals surface area contributed by atoms with Crippen molar-refractivity contribution in [2.24, 2.45) is 17.3 Å². The third kappa shape index (κ3) is 7.02. The largest absolute Gasteiger partial charge is 0.481 e. The van der Waals surface area contributed by atoms with E-state index < -0.39 is 50.1 Å². The molecule has 0 aliphatic heterocycles. The molecular formula is C28H35ClF2N2O5S2. The maximum absolute atomic E-state index is 14.5. The van der Waals surface area contributed by atoms with Crippen molar-refractivity contribution in [2.75, 3.05) is 5.75 Å². The summed E-state index contributed by atoms with van der Waals surface area (Å²) >= 11 is 7.39. The van der Waals surface area contributed by atoms with Gasteiger partial charge in [-0.25, -0.2) is 22.2 Å². The Hall–Kier alpha value is -2.11. The van der Waals surface area contributed by atoms with E-state index in [1.807, 2.05) is 0 Å². The molecule has 1 aromatic heterocycles. The van der Waals surface area contributed by atoms with Crippen LogP contribution in [0, 0.1) is 17.3 Å². The smallest absolute Gasteiger partial charge is 0.306 e. The highest BCUT2D eigenvalue weighted by Crippen LogP contribution is 2.44. The van der Waals surface area contributed by atoms with E-state index in [0.29, 0.717) is 35.8 Å². The van der Waals surface area contributed by atoms with Gasteiger partial charge < -0.3 is 10.4 Å². The zero-order chi connectivity index (χ0) is 29.4. The van der Waals surface area contributed by atoms with Gasteiger partial charge in [-0.05, 0) is 36.7 Å². The van der Waals surface area contributed by atoms with Crippen LogP contribution in [0.25, 0.3) is 10.4 Å². The number of aliphatic carboxylic acids is 1. The second kappa shape index (κ2) is 12.0. The topological polar surface area (TPSA) is 113 Å². The van der Waals surface area contributed by atoms with Crippen molar-refractivity contribution in [3.8, 4) is 10.4 Å². The molecule has 2 aliphatic carbocycles. The lowest BCUT2D eigenvalue weighted by atomic mass is 9.80. The minimum absolute atomic E-state index is 0.0756. The van der Waals surface area contributed by atoms with Crippen molar-refractivity contribution >= 4 is 44.7 Å². The Labute approximate surface area is 242 Å². The van der Waals surface area contributed by atoms with Crippen LogP contribution in [0.1, 0.15) is 93.2 Å². The number of hydrogen-bond donors (Lipinski definition) is 2. The van der Waals surface area contributed by atoms with Gasteiger partial charge in [-0.3, -0.25) is 9.59 Å². The monoisotopic (exact) mass is 616 g/mol. The number of halogens is 3. The van der Waals surface area contributed by atoms with Crippen molar-refractivity contribution in [1.82, 2.24) is 10.3 Å². The number of carboxylic acids is 1. The number of hydrogen-bond acceptors (Lipinski definition) is 6. The minimum atomic E-state index is -3.95. The first-order chi connectivity index (χ1) is 18.7. The van der Waals surface area contributed by atoms with E-state index in [1.54, 1.807) is 20.8 Å². The molecule has 0 saturated heterocycles. The van der Waals surface area contributed by atoms with Crippen LogP contribution in [-0.2, 0) is 21.1 Å². The van der Waals surface area contributed by atoms with Crippen LogP contribution in [0.2, 0.25) is 5.02 Å². The maximum atomic E-state index is 14.5. The number of aromatic nitrogens is 1. The Balaban J connectivity index is 1.73. The molecule has 0 bridgehead atoms. The zero-order valence-electron chi connectivity index (χ0n) is 22.8. The molecular weight excluding hydrogens is 582 g/mol. The van der Waals surface area contributed by atoms with Crippen LogP contribution >= 0.6 is 22.9 Å². The minimum Gasteiger partial charge on any atom is -0.481 e. The van der Waals surface area contributed by atoms with Gasteiger partial charge in [0.1, 0.15) is 0 Å². The van der Waals surface area contributed by atoms with E-state index in [1.165, 1.54) is 12.1 Å². The third-order valence-electron chi connectivity index (χ3n) is 7.49.